The van der Waals surface area contributed by atoms with Crippen LogP contribution in [0.4, 0.5) is 5.69 Å². The van der Waals surface area contributed by atoms with Crippen molar-refractivity contribution in [2.75, 3.05) is 0 Å². The molecule has 0 aromatic carbocycles. The zero-order valence-corrected chi connectivity index (χ0v) is 7.15. The third kappa shape index (κ3) is 1.92. The third-order valence-electron chi connectivity index (χ3n) is 1.42. The molecule has 1 aromatic heterocycles. The van der Waals surface area contributed by atoms with Crippen LogP contribution in [0.5, 0.6) is 0 Å². The smallest absolute Gasteiger partial charge is 0.258 e. The number of rotatable bonds is 2. The van der Waals surface area contributed by atoms with E-state index in [1.54, 1.807) is 0 Å². The standard InChI is InChI=1S/C7H4ClN3O2/c8-7-6(11(12)13)5(1-3-9)2-4-10-7/h2,4H,1H2. The summed E-state index contributed by atoms with van der Waals surface area (Å²) in [5.74, 6) is 0. The second kappa shape index (κ2) is 3.83. The minimum absolute atomic E-state index is 0.0431. The van der Waals surface area contributed by atoms with Gasteiger partial charge in [0, 0.05) is 11.8 Å². The fourth-order valence-electron chi connectivity index (χ4n) is 0.886. The molecule has 0 saturated heterocycles. The number of pyridine rings is 1. The Morgan fingerprint density at radius 3 is 3.00 bits per heavy atom. The second-order valence-electron chi connectivity index (χ2n) is 2.20. The summed E-state index contributed by atoms with van der Waals surface area (Å²) in [7, 11) is 0. The van der Waals surface area contributed by atoms with Crippen LogP contribution in [-0.4, -0.2) is 9.91 Å². The van der Waals surface area contributed by atoms with E-state index in [2.05, 4.69) is 4.98 Å². The van der Waals surface area contributed by atoms with Crippen molar-refractivity contribution >= 4 is 17.3 Å². The van der Waals surface area contributed by atoms with Gasteiger partial charge in [-0.2, -0.15) is 5.26 Å². The van der Waals surface area contributed by atoms with Crippen LogP contribution in [0.25, 0.3) is 0 Å². The molecular weight excluding hydrogens is 194 g/mol. The molecule has 0 aliphatic heterocycles. The third-order valence-corrected chi connectivity index (χ3v) is 1.69. The molecule has 13 heavy (non-hydrogen) atoms. The van der Waals surface area contributed by atoms with Gasteiger partial charge in [-0.15, -0.1) is 0 Å². The van der Waals surface area contributed by atoms with Crippen LogP contribution in [-0.2, 0) is 6.42 Å². The first kappa shape index (κ1) is 9.42. The molecule has 0 saturated carbocycles. The van der Waals surface area contributed by atoms with Crippen molar-refractivity contribution in [2.45, 2.75) is 6.42 Å². The lowest BCUT2D eigenvalue weighted by molar-refractivity contribution is -0.385. The molecule has 0 fully saturated rings. The van der Waals surface area contributed by atoms with Gasteiger partial charge in [-0.3, -0.25) is 10.1 Å². The van der Waals surface area contributed by atoms with Gasteiger partial charge < -0.3 is 0 Å². The zero-order chi connectivity index (χ0) is 9.84. The summed E-state index contributed by atoms with van der Waals surface area (Å²) in [6.45, 7) is 0. The Morgan fingerprint density at radius 2 is 2.46 bits per heavy atom. The molecule has 1 rings (SSSR count). The van der Waals surface area contributed by atoms with Crippen LogP contribution in [0.15, 0.2) is 12.3 Å². The van der Waals surface area contributed by atoms with Crippen molar-refractivity contribution in [3.8, 4) is 6.07 Å². The first-order valence-corrected chi connectivity index (χ1v) is 3.69. The van der Waals surface area contributed by atoms with Crippen LogP contribution in [0.1, 0.15) is 5.56 Å². The van der Waals surface area contributed by atoms with Gasteiger partial charge in [0.2, 0.25) is 5.15 Å². The molecule has 1 heterocycles. The molecule has 0 bridgehead atoms. The van der Waals surface area contributed by atoms with E-state index < -0.39 is 4.92 Å². The van der Waals surface area contributed by atoms with Crippen molar-refractivity contribution in [3.05, 3.63) is 33.1 Å². The van der Waals surface area contributed by atoms with E-state index in [0.29, 0.717) is 0 Å². The van der Waals surface area contributed by atoms with E-state index in [1.807, 2.05) is 6.07 Å². The highest BCUT2D eigenvalue weighted by Crippen LogP contribution is 2.25. The highest BCUT2D eigenvalue weighted by Gasteiger charge is 2.18. The van der Waals surface area contributed by atoms with Gasteiger partial charge in [-0.25, -0.2) is 4.98 Å². The van der Waals surface area contributed by atoms with Crippen LogP contribution in [0.2, 0.25) is 5.15 Å². The first-order valence-electron chi connectivity index (χ1n) is 3.31. The Kier molecular flexibility index (Phi) is 2.77. The van der Waals surface area contributed by atoms with Crippen molar-refractivity contribution in [1.82, 2.24) is 4.98 Å². The molecule has 66 valence electrons. The maximum atomic E-state index is 10.5. The molecule has 0 aliphatic carbocycles. The van der Waals surface area contributed by atoms with E-state index in [9.17, 15) is 10.1 Å². The molecule has 5 nitrogen and oxygen atoms in total. The molecule has 0 unspecified atom stereocenters. The van der Waals surface area contributed by atoms with E-state index in [4.69, 9.17) is 16.9 Å². The number of aromatic nitrogens is 1. The summed E-state index contributed by atoms with van der Waals surface area (Å²) in [4.78, 5) is 13.4. The number of nitro groups is 1. The number of hydrogen-bond acceptors (Lipinski definition) is 4. The molecule has 0 N–H and O–H groups in total. The average molecular weight is 198 g/mol. The summed E-state index contributed by atoms with van der Waals surface area (Å²) in [5.41, 5.74) is -0.00165. The first-order chi connectivity index (χ1) is 6.16. The van der Waals surface area contributed by atoms with Crippen molar-refractivity contribution < 1.29 is 4.92 Å². The number of nitriles is 1. The molecule has 0 atom stereocenters. The van der Waals surface area contributed by atoms with Crippen LogP contribution in [0.3, 0.4) is 0 Å². The molecule has 0 amide bonds. The average Bonchev–Trinajstić information content (AvgIpc) is 2.04. The van der Waals surface area contributed by atoms with E-state index in [-0.39, 0.29) is 22.8 Å². The summed E-state index contributed by atoms with van der Waals surface area (Å²) in [6.07, 6.45) is 1.29. The molecule has 1 aromatic rings. The van der Waals surface area contributed by atoms with Gasteiger partial charge in [0.25, 0.3) is 0 Å². The SMILES string of the molecule is N#CCc1ccnc(Cl)c1[N+](=O)[O-]. The monoisotopic (exact) mass is 197 g/mol. The Hall–Kier alpha value is -1.67. The number of hydrogen-bond donors (Lipinski definition) is 0. The summed E-state index contributed by atoms with van der Waals surface area (Å²) in [5, 5.41) is 18.7. The predicted molar refractivity (Wildman–Crippen MR) is 45.2 cm³/mol. The maximum absolute atomic E-state index is 10.5. The van der Waals surface area contributed by atoms with Gasteiger partial charge >= 0.3 is 5.69 Å². The van der Waals surface area contributed by atoms with Gasteiger partial charge in [0.05, 0.1) is 17.4 Å². The lowest BCUT2D eigenvalue weighted by Crippen LogP contribution is -1.97. The quantitative estimate of drug-likeness (QED) is 0.411. The lowest BCUT2D eigenvalue weighted by atomic mass is 10.2. The van der Waals surface area contributed by atoms with Crippen LogP contribution in [0, 0.1) is 21.4 Å². The topological polar surface area (TPSA) is 79.8 Å². The van der Waals surface area contributed by atoms with E-state index >= 15 is 0 Å². The molecule has 0 radical (unpaired) electrons. The molecular formula is C7H4ClN3O2. The predicted octanol–water partition coefficient (Wildman–Crippen LogP) is 1.71. The van der Waals surface area contributed by atoms with Crippen LogP contribution >= 0.6 is 11.6 Å². The minimum atomic E-state index is -0.637. The highest BCUT2D eigenvalue weighted by atomic mass is 35.5. The minimum Gasteiger partial charge on any atom is -0.258 e. The molecule has 0 spiro atoms. The zero-order valence-electron chi connectivity index (χ0n) is 6.40. The van der Waals surface area contributed by atoms with E-state index in [1.165, 1.54) is 12.3 Å². The second-order valence-corrected chi connectivity index (χ2v) is 2.56. The Morgan fingerprint density at radius 1 is 1.77 bits per heavy atom. The van der Waals surface area contributed by atoms with Gasteiger partial charge in [0.1, 0.15) is 0 Å². The maximum Gasteiger partial charge on any atom is 0.310 e. The summed E-state index contributed by atoms with van der Waals surface area (Å²) >= 11 is 5.50. The Balaban J connectivity index is 3.27. The van der Waals surface area contributed by atoms with Crippen LogP contribution < -0.4 is 0 Å². The summed E-state index contributed by atoms with van der Waals surface area (Å²) in [6, 6.07) is 3.23. The normalized spacial score (nSPS) is 9.23. The fraction of sp³-hybridized carbons (Fsp3) is 0.143. The van der Waals surface area contributed by atoms with Crippen molar-refractivity contribution in [1.29, 1.82) is 5.26 Å². The lowest BCUT2D eigenvalue weighted by Gasteiger charge is -1.98. The van der Waals surface area contributed by atoms with Crippen molar-refractivity contribution in [3.63, 3.8) is 0 Å². The summed E-state index contributed by atoms with van der Waals surface area (Å²) < 4.78 is 0. The molecule has 0 aliphatic rings. The fourth-order valence-corrected chi connectivity index (χ4v) is 1.13. The number of halogens is 1. The van der Waals surface area contributed by atoms with Gasteiger partial charge in [-0.1, -0.05) is 11.6 Å². The highest BCUT2D eigenvalue weighted by molar-refractivity contribution is 6.31. The Bertz CT molecular complexity index is 386. The van der Waals surface area contributed by atoms with Gasteiger partial charge in [-0.05, 0) is 6.07 Å². The van der Waals surface area contributed by atoms with E-state index in [0.717, 1.165) is 0 Å². The molecule has 6 heteroatoms. The number of nitrogens with zero attached hydrogens (tertiary/aromatic N) is 3. The van der Waals surface area contributed by atoms with Gasteiger partial charge in [0.15, 0.2) is 0 Å². The largest absolute Gasteiger partial charge is 0.310 e. The van der Waals surface area contributed by atoms with Crippen molar-refractivity contribution in [2.24, 2.45) is 0 Å². The Labute approximate surface area is 78.7 Å².